The molecule has 0 spiro atoms. The third-order valence-electron chi connectivity index (χ3n) is 2.83. The van der Waals surface area contributed by atoms with Crippen LogP contribution in [0.15, 0.2) is 23.2 Å². The number of carbonyl (C=O) groups is 1. The van der Waals surface area contributed by atoms with Crippen LogP contribution in [0.5, 0.6) is 5.75 Å². The van der Waals surface area contributed by atoms with Gasteiger partial charge >= 0.3 is 6.09 Å². The highest BCUT2D eigenvalue weighted by molar-refractivity contribution is 5.85. The molecular weight excluding hydrogens is 284 g/mol. The van der Waals surface area contributed by atoms with Crippen molar-refractivity contribution in [3.05, 3.63) is 23.8 Å². The van der Waals surface area contributed by atoms with Gasteiger partial charge in [0.05, 0.1) is 12.6 Å². The third kappa shape index (κ3) is 4.90. The molecule has 0 atom stereocenters. The number of aliphatic imine (C=N–C) groups is 1. The lowest BCUT2D eigenvalue weighted by Gasteiger charge is -2.23. The number of nitrogens with one attached hydrogen (secondary N) is 1. The van der Waals surface area contributed by atoms with E-state index in [1.807, 2.05) is 0 Å². The summed E-state index contributed by atoms with van der Waals surface area (Å²) in [5.41, 5.74) is -0.217. The van der Waals surface area contributed by atoms with E-state index >= 15 is 0 Å². The van der Waals surface area contributed by atoms with Crippen molar-refractivity contribution >= 4 is 17.9 Å². The Morgan fingerprint density at radius 3 is 2.36 bits per heavy atom. The van der Waals surface area contributed by atoms with Crippen LogP contribution in [-0.4, -0.2) is 24.9 Å². The summed E-state index contributed by atoms with van der Waals surface area (Å²) < 4.78 is 10.5. The molecule has 1 rings (SSSR count). The molecule has 0 aliphatic carbocycles. The number of hydrogen-bond donors (Lipinski definition) is 1. The van der Waals surface area contributed by atoms with E-state index in [2.05, 4.69) is 10.3 Å². The van der Waals surface area contributed by atoms with E-state index in [0.717, 1.165) is 0 Å². The normalized spacial score (nSPS) is 11.4. The lowest BCUT2D eigenvalue weighted by Crippen LogP contribution is -2.27. The Kier molecular flexibility index (Phi) is 5.33. The van der Waals surface area contributed by atoms with E-state index in [9.17, 15) is 9.59 Å². The summed E-state index contributed by atoms with van der Waals surface area (Å²) in [4.78, 5) is 26.2. The molecule has 0 aromatic heterocycles. The number of benzene rings is 1. The quantitative estimate of drug-likeness (QED) is 0.681. The summed E-state index contributed by atoms with van der Waals surface area (Å²) in [6.45, 7) is 8.87. The molecule has 1 aromatic rings. The Labute approximate surface area is 130 Å². The first-order valence-corrected chi connectivity index (χ1v) is 6.86. The van der Waals surface area contributed by atoms with Crippen molar-refractivity contribution in [1.82, 2.24) is 0 Å². The molecule has 22 heavy (non-hydrogen) atoms. The summed E-state index contributed by atoms with van der Waals surface area (Å²) in [6, 6.07) is 5.08. The first-order valence-electron chi connectivity index (χ1n) is 6.86. The highest BCUT2D eigenvalue weighted by atomic mass is 16.6. The van der Waals surface area contributed by atoms with E-state index in [1.165, 1.54) is 7.11 Å². The molecule has 1 aromatic carbocycles. The smallest absolute Gasteiger partial charge is 0.412 e. The SMILES string of the molecule is COc1ccc(NC(=O)OC(C)(C)C)cc1C(C)(C)N=C=O. The lowest BCUT2D eigenvalue weighted by atomic mass is 9.93. The zero-order chi connectivity index (χ0) is 17.0. The molecule has 0 bridgehead atoms. The molecule has 0 saturated carbocycles. The van der Waals surface area contributed by atoms with E-state index in [-0.39, 0.29) is 0 Å². The van der Waals surface area contributed by atoms with Gasteiger partial charge < -0.3 is 9.47 Å². The van der Waals surface area contributed by atoms with Crippen molar-refractivity contribution in [2.24, 2.45) is 4.99 Å². The van der Waals surface area contributed by atoms with Crippen molar-refractivity contribution in [3.8, 4) is 5.75 Å². The van der Waals surface area contributed by atoms with Crippen LogP contribution < -0.4 is 10.1 Å². The number of isocyanates is 1. The number of anilines is 1. The molecule has 0 fully saturated rings. The molecule has 1 N–H and O–H groups in total. The number of amides is 1. The van der Waals surface area contributed by atoms with Crippen LogP contribution in [0.1, 0.15) is 40.2 Å². The zero-order valence-corrected chi connectivity index (χ0v) is 13.8. The Bertz CT molecular complexity index is 597. The van der Waals surface area contributed by atoms with Crippen LogP contribution in [-0.2, 0) is 15.1 Å². The number of methoxy groups -OCH3 is 1. The van der Waals surface area contributed by atoms with Crippen LogP contribution in [0.4, 0.5) is 10.5 Å². The number of nitrogens with zero attached hydrogens (tertiary/aromatic N) is 1. The van der Waals surface area contributed by atoms with Crippen LogP contribution in [0, 0.1) is 0 Å². The molecule has 1 amide bonds. The van der Waals surface area contributed by atoms with Crippen LogP contribution in [0.25, 0.3) is 0 Å². The average molecular weight is 306 g/mol. The van der Waals surface area contributed by atoms with Crippen molar-refractivity contribution in [2.45, 2.75) is 45.8 Å². The fourth-order valence-electron chi connectivity index (χ4n) is 1.86. The van der Waals surface area contributed by atoms with Crippen LogP contribution >= 0.6 is 0 Å². The molecule has 0 aliphatic heterocycles. The standard InChI is InChI=1S/C16H22N2O4/c1-15(2,3)22-14(20)18-11-7-8-13(21-6)12(9-11)16(4,5)17-10-19/h7-9H,1-6H3,(H,18,20). The van der Waals surface area contributed by atoms with Gasteiger partial charge in [-0.25, -0.2) is 9.59 Å². The number of rotatable bonds is 4. The zero-order valence-electron chi connectivity index (χ0n) is 13.8. The van der Waals surface area contributed by atoms with Crippen LogP contribution in [0.3, 0.4) is 0 Å². The molecule has 6 nitrogen and oxygen atoms in total. The summed E-state index contributed by atoms with van der Waals surface area (Å²) in [6.07, 6.45) is 1.00. The molecular formula is C16H22N2O4. The second kappa shape index (κ2) is 6.62. The van der Waals surface area contributed by atoms with Gasteiger partial charge in [-0.15, -0.1) is 0 Å². The van der Waals surface area contributed by atoms with E-state index < -0.39 is 17.2 Å². The van der Waals surface area contributed by atoms with Gasteiger partial charge in [0.25, 0.3) is 0 Å². The number of carbonyl (C=O) groups excluding carboxylic acids is 2. The van der Waals surface area contributed by atoms with Gasteiger partial charge in [0.1, 0.15) is 11.4 Å². The predicted octanol–water partition coefficient (Wildman–Crippen LogP) is 3.61. The average Bonchev–Trinajstić information content (AvgIpc) is 2.36. The van der Waals surface area contributed by atoms with Gasteiger partial charge in [0.15, 0.2) is 0 Å². The van der Waals surface area contributed by atoms with Crippen molar-refractivity contribution in [3.63, 3.8) is 0 Å². The van der Waals surface area contributed by atoms with Crippen molar-refractivity contribution in [1.29, 1.82) is 0 Å². The van der Waals surface area contributed by atoms with Crippen molar-refractivity contribution in [2.75, 3.05) is 12.4 Å². The fourth-order valence-corrected chi connectivity index (χ4v) is 1.86. The fraction of sp³-hybridized carbons (Fsp3) is 0.500. The first kappa shape index (κ1) is 17.7. The first-order chi connectivity index (χ1) is 10.1. The van der Waals surface area contributed by atoms with E-state index in [0.29, 0.717) is 17.0 Å². The Hall–Kier alpha value is -2.33. The minimum absolute atomic E-state index is 0.527. The second-order valence-electron chi connectivity index (χ2n) is 6.30. The minimum Gasteiger partial charge on any atom is -0.496 e. The van der Waals surface area contributed by atoms with Gasteiger partial charge in [0.2, 0.25) is 6.08 Å². The maximum Gasteiger partial charge on any atom is 0.412 e. The molecule has 0 radical (unpaired) electrons. The summed E-state index contributed by atoms with van der Waals surface area (Å²) in [5.74, 6) is 0.568. The molecule has 0 aliphatic rings. The monoisotopic (exact) mass is 306 g/mol. The second-order valence-corrected chi connectivity index (χ2v) is 6.30. The minimum atomic E-state index is -0.821. The molecule has 0 heterocycles. The highest BCUT2D eigenvalue weighted by Crippen LogP contribution is 2.34. The van der Waals surface area contributed by atoms with Crippen LogP contribution in [0.2, 0.25) is 0 Å². The molecule has 0 saturated heterocycles. The van der Waals surface area contributed by atoms with Gasteiger partial charge in [-0.05, 0) is 52.8 Å². The summed E-state index contributed by atoms with van der Waals surface area (Å²) >= 11 is 0. The van der Waals surface area contributed by atoms with Gasteiger partial charge in [-0.2, -0.15) is 4.99 Å². The Morgan fingerprint density at radius 1 is 1.23 bits per heavy atom. The van der Waals surface area contributed by atoms with Gasteiger partial charge in [-0.1, -0.05) is 0 Å². The molecule has 6 heteroatoms. The maximum absolute atomic E-state index is 11.8. The Balaban J connectivity index is 3.10. The highest BCUT2D eigenvalue weighted by Gasteiger charge is 2.25. The molecule has 0 unspecified atom stereocenters. The third-order valence-corrected chi connectivity index (χ3v) is 2.83. The topological polar surface area (TPSA) is 77.0 Å². The summed E-state index contributed by atoms with van der Waals surface area (Å²) in [5, 5.41) is 2.65. The summed E-state index contributed by atoms with van der Waals surface area (Å²) in [7, 11) is 1.53. The number of ether oxygens (including phenoxy) is 2. The largest absolute Gasteiger partial charge is 0.496 e. The van der Waals surface area contributed by atoms with Crippen molar-refractivity contribution < 1.29 is 19.1 Å². The predicted molar refractivity (Wildman–Crippen MR) is 84.0 cm³/mol. The molecule has 120 valence electrons. The maximum atomic E-state index is 11.8. The number of hydrogen-bond acceptors (Lipinski definition) is 5. The van der Waals surface area contributed by atoms with E-state index in [1.54, 1.807) is 58.9 Å². The lowest BCUT2D eigenvalue weighted by molar-refractivity contribution is 0.0636. The van der Waals surface area contributed by atoms with Gasteiger partial charge in [0, 0.05) is 11.3 Å². The van der Waals surface area contributed by atoms with E-state index in [4.69, 9.17) is 9.47 Å². The Morgan fingerprint density at radius 2 is 1.86 bits per heavy atom. The van der Waals surface area contributed by atoms with Gasteiger partial charge in [-0.3, -0.25) is 5.32 Å².